The largest absolute Gasteiger partial charge is 0.396 e. The minimum absolute atomic E-state index is 0.0780. The van der Waals surface area contributed by atoms with Gasteiger partial charge in [0.15, 0.2) is 0 Å². The molecule has 1 atom stereocenters. The summed E-state index contributed by atoms with van der Waals surface area (Å²) in [6.07, 6.45) is 6.18. The molecule has 1 fully saturated rings. The van der Waals surface area contributed by atoms with Crippen molar-refractivity contribution < 1.29 is 9.90 Å². The van der Waals surface area contributed by atoms with Crippen LogP contribution in [0.25, 0.3) is 0 Å². The molecule has 0 aliphatic carbocycles. The summed E-state index contributed by atoms with van der Waals surface area (Å²) in [5, 5.41) is 12.5. The van der Waals surface area contributed by atoms with Gasteiger partial charge in [0, 0.05) is 38.7 Å². The molecule has 118 valence electrons. The second-order valence-electron chi connectivity index (χ2n) is 6.92. The van der Waals surface area contributed by atoms with Gasteiger partial charge in [-0.1, -0.05) is 26.7 Å². The maximum absolute atomic E-state index is 12.3. The highest BCUT2D eigenvalue weighted by Gasteiger charge is 2.21. The van der Waals surface area contributed by atoms with Crippen LogP contribution < -0.4 is 5.32 Å². The summed E-state index contributed by atoms with van der Waals surface area (Å²) < 4.78 is 0. The van der Waals surface area contributed by atoms with Gasteiger partial charge in [0.1, 0.15) is 0 Å². The van der Waals surface area contributed by atoms with E-state index in [2.05, 4.69) is 26.1 Å². The van der Waals surface area contributed by atoms with Gasteiger partial charge in [0.25, 0.3) is 0 Å². The Bertz CT molecular complexity index is 284. The Hall–Kier alpha value is -0.610. The predicted octanol–water partition coefficient (Wildman–Crippen LogP) is 2.17. The van der Waals surface area contributed by atoms with E-state index in [-0.39, 0.29) is 24.0 Å². The average Bonchev–Trinajstić information content (AvgIpc) is 2.65. The standard InChI is InChI=1S/C16H32N2O2/c1-14(17-13-16(2,3)8-11-19)12-15(20)18-9-6-4-5-7-10-18/h14,17,19H,4-13H2,1-3H3. The fraction of sp³-hybridized carbons (Fsp3) is 0.938. The van der Waals surface area contributed by atoms with Gasteiger partial charge in [-0.3, -0.25) is 4.79 Å². The first kappa shape index (κ1) is 17.4. The molecular weight excluding hydrogens is 252 g/mol. The summed E-state index contributed by atoms with van der Waals surface area (Å²) >= 11 is 0. The molecule has 2 N–H and O–H groups in total. The molecule has 1 rings (SSSR count). The molecule has 1 unspecified atom stereocenters. The van der Waals surface area contributed by atoms with Crippen molar-refractivity contribution in [3.05, 3.63) is 0 Å². The van der Waals surface area contributed by atoms with Crippen LogP contribution in [0.2, 0.25) is 0 Å². The van der Waals surface area contributed by atoms with E-state index in [9.17, 15) is 4.79 Å². The van der Waals surface area contributed by atoms with Gasteiger partial charge in [-0.2, -0.15) is 0 Å². The van der Waals surface area contributed by atoms with Crippen LogP contribution in [0, 0.1) is 5.41 Å². The Morgan fingerprint density at radius 2 is 1.85 bits per heavy atom. The highest BCUT2D eigenvalue weighted by atomic mass is 16.3. The fourth-order valence-electron chi connectivity index (χ4n) is 2.62. The number of amides is 1. The summed E-state index contributed by atoms with van der Waals surface area (Å²) in [4.78, 5) is 14.3. The molecule has 1 heterocycles. The topological polar surface area (TPSA) is 52.6 Å². The first-order chi connectivity index (χ1) is 9.44. The van der Waals surface area contributed by atoms with Crippen LogP contribution in [0.1, 0.15) is 59.3 Å². The Morgan fingerprint density at radius 1 is 1.25 bits per heavy atom. The third kappa shape index (κ3) is 6.71. The van der Waals surface area contributed by atoms with Crippen molar-refractivity contribution in [2.45, 2.75) is 65.3 Å². The monoisotopic (exact) mass is 284 g/mol. The number of aliphatic hydroxyl groups excluding tert-OH is 1. The average molecular weight is 284 g/mol. The zero-order chi connectivity index (χ0) is 15.0. The van der Waals surface area contributed by atoms with Crippen molar-refractivity contribution in [2.24, 2.45) is 5.41 Å². The SMILES string of the molecule is CC(CC(=O)N1CCCCCC1)NCC(C)(C)CCO. The van der Waals surface area contributed by atoms with Gasteiger partial charge < -0.3 is 15.3 Å². The molecule has 1 saturated heterocycles. The number of carbonyl (C=O) groups is 1. The zero-order valence-electron chi connectivity index (χ0n) is 13.5. The lowest BCUT2D eigenvalue weighted by molar-refractivity contribution is -0.131. The van der Waals surface area contributed by atoms with E-state index in [1.165, 1.54) is 12.8 Å². The number of rotatable bonds is 7. The quantitative estimate of drug-likeness (QED) is 0.753. The van der Waals surface area contributed by atoms with Gasteiger partial charge >= 0.3 is 0 Å². The maximum Gasteiger partial charge on any atom is 0.224 e. The zero-order valence-corrected chi connectivity index (χ0v) is 13.5. The van der Waals surface area contributed by atoms with Crippen LogP contribution in [-0.2, 0) is 4.79 Å². The molecule has 1 amide bonds. The molecule has 1 aliphatic rings. The van der Waals surface area contributed by atoms with Crippen LogP contribution in [0.15, 0.2) is 0 Å². The van der Waals surface area contributed by atoms with Gasteiger partial charge in [-0.25, -0.2) is 0 Å². The fourth-order valence-corrected chi connectivity index (χ4v) is 2.62. The molecule has 4 nitrogen and oxygen atoms in total. The summed E-state index contributed by atoms with van der Waals surface area (Å²) in [6.45, 7) is 9.27. The molecule has 4 heteroatoms. The number of carbonyl (C=O) groups excluding carboxylic acids is 1. The second-order valence-corrected chi connectivity index (χ2v) is 6.92. The van der Waals surface area contributed by atoms with E-state index in [1.54, 1.807) is 0 Å². The Morgan fingerprint density at radius 3 is 2.40 bits per heavy atom. The van der Waals surface area contributed by atoms with Gasteiger partial charge in [-0.15, -0.1) is 0 Å². The normalized spacial score (nSPS) is 18.7. The maximum atomic E-state index is 12.3. The molecule has 0 radical (unpaired) electrons. The predicted molar refractivity (Wildman–Crippen MR) is 82.6 cm³/mol. The number of hydrogen-bond acceptors (Lipinski definition) is 3. The van der Waals surface area contributed by atoms with E-state index < -0.39 is 0 Å². The highest BCUT2D eigenvalue weighted by Crippen LogP contribution is 2.18. The summed E-state index contributed by atoms with van der Waals surface area (Å²) in [5.41, 5.74) is 0.0780. The lowest BCUT2D eigenvalue weighted by Crippen LogP contribution is -2.40. The smallest absolute Gasteiger partial charge is 0.224 e. The van der Waals surface area contributed by atoms with E-state index >= 15 is 0 Å². The van der Waals surface area contributed by atoms with Gasteiger partial charge in [0.2, 0.25) is 5.91 Å². The van der Waals surface area contributed by atoms with Crippen molar-refractivity contribution in [2.75, 3.05) is 26.2 Å². The number of hydrogen-bond donors (Lipinski definition) is 2. The summed E-state index contributed by atoms with van der Waals surface area (Å²) in [6, 6.07) is 0.198. The number of aliphatic hydroxyl groups is 1. The van der Waals surface area contributed by atoms with Crippen molar-refractivity contribution in [1.82, 2.24) is 10.2 Å². The minimum Gasteiger partial charge on any atom is -0.396 e. The summed E-state index contributed by atoms with van der Waals surface area (Å²) in [5.74, 6) is 0.284. The number of nitrogens with one attached hydrogen (secondary N) is 1. The third-order valence-electron chi connectivity index (χ3n) is 4.16. The molecule has 0 saturated carbocycles. The first-order valence-electron chi connectivity index (χ1n) is 8.06. The Kier molecular flexibility index (Phi) is 7.52. The van der Waals surface area contributed by atoms with Crippen molar-refractivity contribution in [3.63, 3.8) is 0 Å². The van der Waals surface area contributed by atoms with Crippen LogP contribution in [-0.4, -0.2) is 48.2 Å². The lowest BCUT2D eigenvalue weighted by Gasteiger charge is -2.27. The molecule has 0 spiro atoms. The van der Waals surface area contributed by atoms with Gasteiger partial charge in [0.05, 0.1) is 0 Å². The van der Waals surface area contributed by atoms with Crippen LogP contribution >= 0.6 is 0 Å². The van der Waals surface area contributed by atoms with Crippen LogP contribution in [0.3, 0.4) is 0 Å². The Labute approximate surface area is 123 Å². The van der Waals surface area contributed by atoms with Crippen molar-refractivity contribution in [3.8, 4) is 0 Å². The number of nitrogens with zero attached hydrogens (tertiary/aromatic N) is 1. The Balaban J connectivity index is 2.30. The van der Waals surface area contributed by atoms with E-state index in [4.69, 9.17) is 5.11 Å². The van der Waals surface area contributed by atoms with Crippen LogP contribution in [0.4, 0.5) is 0 Å². The molecule has 1 aliphatic heterocycles. The summed E-state index contributed by atoms with van der Waals surface area (Å²) in [7, 11) is 0. The molecular formula is C16H32N2O2. The molecule has 0 aromatic heterocycles. The van der Waals surface area contributed by atoms with Crippen molar-refractivity contribution in [1.29, 1.82) is 0 Å². The van der Waals surface area contributed by atoms with Crippen molar-refractivity contribution >= 4 is 5.91 Å². The minimum atomic E-state index is 0.0780. The number of likely N-dealkylation sites (tertiary alicyclic amines) is 1. The van der Waals surface area contributed by atoms with E-state index in [0.717, 1.165) is 38.9 Å². The molecule has 20 heavy (non-hydrogen) atoms. The highest BCUT2D eigenvalue weighted by molar-refractivity contribution is 5.76. The van der Waals surface area contributed by atoms with Crippen LogP contribution in [0.5, 0.6) is 0 Å². The van der Waals surface area contributed by atoms with Gasteiger partial charge in [-0.05, 0) is 31.6 Å². The molecule has 0 aromatic rings. The van der Waals surface area contributed by atoms with E-state index in [1.807, 2.05) is 4.90 Å². The third-order valence-corrected chi connectivity index (χ3v) is 4.16. The second kappa shape index (κ2) is 8.63. The molecule has 0 aromatic carbocycles. The first-order valence-corrected chi connectivity index (χ1v) is 8.06. The molecule has 0 bridgehead atoms. The lowest BCUT2D eigenvalue weighted by atomic mass is 9.89. The van der Waals surface area contributed by atoms with E-state index in [0.29, 0.717) is 6.42 Å².